The molecule has 0 aliphatic heterocycles. The first-order valence-corrected chi connectivity index (χ1v) is 8.75. The Morgan fingerprint density at radius 3 is 2.33 bits per heavy atom. The number of carbonyl (C=O) groups excluding carboxylic acids is 1. The number of hydrogen-bond acceptors (Lipinski definition) is 3. The van der Waals surface area contributed by atoms with E-state index in [9.17, 15) is 9.18 Å². The highest BCUT2D eigenvalue weighted by molar-refractivity contribution is 5.94. The molecule has 1 heterocycles. The number of aromatic nitrogens is 1. The van der Waals surface area contributed by atoms with Gasteiger partial charge in [-0.1, -0.05) is 29.8 Å². The summed E-state index contributed by atoms with van der Waals surface area (Å²) in [6.07, 6.45) is 3.22. The van der Waals surface area contributed by atoms with Crippen molar-refractivity contribution in [1.29, 1.82) is 0 Å². The van der Waals surface area contributed by atoms with Crippen LogP contribution < -0.4 is 10.6 Å². The lowest BCUT2D eigenvalue weighted by Gasteiger charge is -2.14. The molecule has 0 saturated heterocycles. The van der Waals surface area contributed by atoms with Crippen LogP contribution in [0.2, 0.25) is 0 Å². The Morgan fingerprint density at radius 2 is 1.67 bits per heavy atom. The molecule has 138 valence electrons. The van der Waals surface area contributed by atoms with Crippen LogP contribution in [0.1, 0.15) is 32.6 Å². The van der Waals surface area contributed by atoms with Crippen LogP contribution in [0.25, 0.3) is 0 Å². The second kappa shape index (κ2) is 7.99. The van der Waals surface area contributed by atoms with E-state index in [0.717, 1.165) is 28.1 Å². The number of amides is 1. The molecule has 3 aromatic rings. The number of hydrogen-bond donors (Lipinski definition) is 2. The average Bonchev–Trinajstić information content (AvgIpc) is 2.64. The summed E-state index contributed by atoms with van der Waals surface area (Å²) in [6, 6.07) is 12.0. The van der Waals surface area contributed by atoms with Crippen LogP contribution in [-0.2, 0) is 6.54 Å². The van der Waals surface area contributed by atoms with Crippen LogP contribution in [0.5, 0.6) is 0 Å². The second-order valence-electron chi connectivity index (χ2n) is 6.67. The van der Waals surface area contributed by atoms with Crippen LogP contribution in [0.3, 0.4) is 0 Å². The van der Waals surface area contributed by atoms with E-state index in [1.165, 1.54) is 23.9 Å². The highest BCUT2D eigenvalue weighted by Crippen LogP contribution is 2.25. The van der Waals surface area contributed by atoms with E-state index in [0.29, 0.717) is 12.1 Å². The van der Waals surface area contributed by atoms with E-state index in [4.69, 9.17) is 0 Å². The molecule has 1 amide bonds. The third kappa shape index (κ3) is 4.70. The van der Waals surface area contributed by atoms with E-state index < -0.39 is 0 Å². The highest BCUT2D eigenvalue weighted by Gasteiger charge is 2.09. The summed E-state index contributed by atoms with van der Waals surface area (Å²) in [5.41, 5.74) is 6.55. The van der Waals surface area contributed by atoms with Gasteiger partial charge in [0.25, 0.3) is 5.91 Å². The molecule has 4 nitrogen and oxygen atoms in total. The van der Waals surface area contributed by atoms with Crippen LogP contribution in [0.4, 0.5) is 15.8 Å². The van der Waals surface area contributed by atoms with Crippen molar-refractivity contribution in [2.45, 2.75) is 27.3 Å². The first-order valence-electron chi connectivity index (χ1n) is 8.75. The summed E-state index contributed by atoms with van der Waals surface area (Å²) in [5, 5.41) is 6.19. The molecule has 0 spiro atoms. The van der Waals surface area contributed by atoms with Crippen molar-refractivity contribution in [3.63, 3.8) is 0 Å². The smallest absolute Gasteiger partial charge is 0.253 e. The fourth-order valence-electron chi connectivity index (χ4n) is 3.04. The molecule has 1 aromatic heterocycles. The molecule has 0 radical (unpaired) electrons. The molecule has 0 atom stereocenters. The van der Waals surface area contributed by atoms with Gasteiger partial charge in [0.1, 0.15) is 5.82 Å². The summed E-state index contributed by atoms with van der Waals surface area (Å²) < 4.78 is 13.0. The SMILES string of the molecule is Cc1cc(C)c(Nc2cncc(C(=O)NCc3ccc(F)cc3)c2)c(C)c1. The molecule has 0 saturated carbocycles. The Labute approximate surface area is 158 Å². The number of aryl methyl sites for hydroxylation is 3. The van der Waals surface area contributed by atoms with Crippen molar-refractivity contribution in [3.8, 4) is 0 Å². The number of rotatable bonds is 5. The summed E-state index contributed by atoms with van der Waals surface area (Å²) >= 11 is 0. The third-order valence-electron chi connectivity index (χ3n) is 4.31. The second-order valence-corrected chi connectivity index (χ2v) is 6.67. The lowest BCUT2D eigenvalue weighted by molar-refractivity contribution is 0.0950. The Morgan fingerprint density at radius 1 is 1.00 bits per heavy atom. The zero-order chi connectivity index (χ0) is 19.4. The monoisotopic (exact) mass is 363 g/mol. The minimum absolute atomic E-state index is 0.229. The summed E-state index contributed by atoms with van der Waals surface area (Å²) in [7, 11) is 0. The van der Waals surface area contributed by atoms with Crippen molar-refractivity contribution in [3.05, 3.63) is 88.5 Å². The van der Waals surface area contributed by atoms with Crippen LogP contribution in [0, 0.1) is 26.6 Å². The van der Waals surface area contributed by atoms with Gasteiger partial charge in [-0.3, -0.25) is 9.78 Å². The summed E-state index contributed by atoms with van der Waals surface area (Å²) in [4.78, 5) is 16.6. The standard InChI is InChI=1S/C22H22FN3O/c1-14-8-15(2)21(16(3)9-14)26-20-10-18(12-24-13-20)22(27)25-11-17-4-6-19(23)7-5-17/h4-10,12-13,26H,11H2,1-3H3,(H,25,27). The van der Waals surface area contributed by atoms with Gasteiger partial charge in [-0.15, -0.1) is 0 Å². The molecular weight excluding hydrogens is 341 g/mol. The Bertz CT molecular complexity index is 945. The van der Waals surface area contributed by atoms with Gasteiger partial charge in [-0.25, -0.2) is 4.39 Å². The van der Waals surface area contributed by atoms with E-state index >= 15 is 0 Å². The van der Waals surface area contributed by atoms with Gasteiger partial charge in [0.05, 0.1) is 17.4 Å². The van der Waals surface area contributed by atoms with Crippen molar-refractivity contribution < 1.29 is 9.18 Å². The van der Waals surface area contributed by atoms with E-state index in [1.807, 2.05) is 0 Å². The van der Waals surface area contributed by atoms with E-state index in [1.54, 1.807) is 24.4 Å². The van der Waals surface area contributed by atoms with Gasteiger partial charge in [0.2, 0.25) is 0 Å². The quantitative estimate of drug-likeness (QED) is 0.683. The predicted octanol–water partition coefficient (Wildman–Crippen LogP) is 4.82. The van der Waals surface area contributed by atoms with E-state index in [2.05, 4.69) is 48.5 Å². The number of nitrogens with zero attached hydrogens (tertiary/aromatic N) is 1. The molecule has 0 aliphatic rings. The first kappa shape index (κ1) is 18.6. The fraction of sp³-hybridized carbons (Fsp3) is 0.182. The predicted molar refractivity (Wildman–Crippen MR) is 106 cm³/mol. The number of anilines is 2. The zero-order valence-corrected chi connectivity index (χ0v) is 15.6. The maximum absolute atomic E-state index is 13.0. The Balaban J connectivity index is 1.71. The maximum Gasteiger partial charge on any atom is 0.253 e. The van der Waals surface area contributed by atoms with Gasteiger partial charge >= 0.3 is 0 Å². The average molecular weight is 363 g/mol. The molecule has 0 bridgehead atoms. The molecule has 2 aromatic carbocycles. The van der Waals surface area contributed by atoms with Crippen molar-refractivity contribution >= 4 is 17.3 Å². The number of carbonyl (C=O) groups is 1. The minimum atomic E-state index is -0.297. The minimum Gasteiger partial charge on any atom is -0.354 e. The fourth-order valence-corrected chi connectivity index (χ4v) is 3.04. The van der Waals surface area contributed by atoms with Gasteiger partial charge in [-0.05, 0) is 55.7 Å². The van der Waals surface area contributed by atoms with Gasteiger partial charge < -0.3 is 10.6 Å². The van der Waals surface area contributed by atoms with Crippen molar-refractivity contribution in [1.82, 2.24) is 10.3 Å². The van der Waals surface area contributed by atoms with Crippen molar-refractivity contribution in [2.24, 2.45) is 0 Å². The molecule has 2 N–H and O–H groups in total. The number of halogens is 1. The summed E-state index contributed by atoms with van der Waals surface area (Å²) in [5.74, 6) is -0.525. The van der Waals surface area contributed by atoms with E-state index in [-0.39, 0.29) is 11.7 Å². The summed E-state index contributed by atoms with van der Waals surface area (Å²) in [6.45, 7) is 6.49. The molecule has 3 rings (SSSR count). The van der Waals surface area contributed by atoms with Crippen LogP contribution in [0.15, 0.2) is 54.9 Å². The molecule has 0 fully saturated rings. The normalized spacial score (nSPS) is 10.5. The van der Waals surface area contributed by atoms with Crippen LogP contribution in [-0.4, -0.2) is 10.9 Å². The Kier molecular flexibility index (Phi) is 5.50. The lowest BCUT2D eigenvalue weighted by Crippen LogP contribution is -2.23. The zero-order valence-electron chi connectivity index (χ0n) is 15.6. The lowest BCUT2D eigenvalue weighted by atomic mass is 10.0. The molecule has 0 aliphatic carbocycles. The molecule has 0 unspecified atom stereocenters. The van der Waals surface area contributed by atoms with Gasteiger partial charge in [-0.2, -0.15) is 0 Å². The number of pyridine rings is 1. The Hall–Kier alpha value is -3.21. The number of nitrogens with one attached hydrogen (secondary N) is 2. The molecule has 5 heteroatoms. The van der Waals surface area contributed by atoms with Gasteiger partial charge in [0.15, 0.2) is 0 Å². The van der Waals surface area contributed by atoms with Gasteiger partial charge in [0, 0.05) is 18.4 Å². The highest BCUT2D eigenvalue weighted by atomic mass is 19.1. The van der Waals surface area contributed by atoms with Crippen LogP contribution >= 0.6 is 0 Å². The van der Waals surface area contributed by atoms with Crippen molar-refractivity contribution in [2.75, 3.05) is 5.32 Å². The number of benzene rings is 2. The topological polar surface area (TPSA) is 54.0 Å². The molecular formula is C22H22FN3O. The largest absolute Gasteiger partial charge is 0.354 e. The first-order chi connectivity index (χ1) is 12.9. The maximum atomic E-state index is 13.0. The third-order valence-corrected chi connectivity index (χ3v) is 4.31. The molecule has 27 heavy (non-hydrogen) atoms.